The summed E-state index contributed by atoms with van der Waals surface area (Å²) in [6, 6.07) is 22.1. The number of rotatable bonds is 5. The monoisotopic (exact) mass is 409 g/mol. The Bertz CT molecular complexity index is 1050. The number of benzene rings is 2. The van der Waals surface area contributed by atoms with E-state index in [0.29, 0.717) is 0 Å². The van der Waals surface area contributed by atoms with E-state index in [9.17, 15) is 0 Å². The number of hydrogen-bond acceptors (Lipinski definition) is 5. The predicted molar refractivity (Wildman–Crippen MR) is 114 cm³/mol. The van der Waals surface area contributed by atoms with Gasteiger partial charge in [0.2, 0.25) is 0 Å². The fourth-order valence-electron chi connectivity index (χ4n) is 2.62. The topological polar surface area (TPSA) is 38.7 Å². The quantitative estimate of drug-likeness (QED) is 0.351. The number of thiazole rings is 1. The SMILES string of the molecule is Cc1nc(-c2ccccc2)sc1-c1ccc(SCc2ccccc2Cl)nn1. The molecule has 2 aromatic carbocycles. The first-order valence-electron chi connectivity index (χ1n) is 8.44. The maximum absolute atomic E-state index is 6.21. The molecule has 0 aliphatic heterocycles. The summed E-state index contributed by atoms with van der Waals surface area (Å²) in [5, 5.41) is 11.5. The lowest BCUT2D eigenvalue weighted by Gasteiger charge is -2.04. The highest BCUT2D eigenvalue weighted by Gasteiger charge is 2.13. The second-order valence-electron chi connectivity index (χ2n) is 5.94. The minimum atomic E-state index is 0.769. The van der Waals surface area contributed by atoms with Crippen LogP contribution >= 0.6 is 34.7 Å². The fourth-order valence-corrected chi connectivity index (χ4v) is 4.76. The average Bonchev–Trinajstić information content (AvgIpc) is 3.10. The van der Waals surface area contributed by atoms with Gasteiger partial charge in [-0.25, -0.2) is 4.98 Å². The van der Waals surface area contributed by atoms with Gasteiger partial charge in [0.15, 0.2) is 0 Å². The van der Waals surface area contributed by atoms with Gasteiger partial charge in [0, 0.05) is 16.3 Å². The van der Waals surface area contributed by atoms with Crippen LogP contribution in [0, 0.1) is 6.92 Å². The van der Waals surface area contributed by atoms with Gasteiger partial charge in [-0.3, -0.25) is 0 Å². The van der Waals surface area contributed by atoms with Gasteiger partial charge in [0.25, 0.3) is 0 Å². The Morgan fingerprint density at radius 3 is 2.44 bits per heavy atom. The third-order valence-corrected chi connectivity index (χ3v) is 6.59. The van der Waals surface area contributed by atoms with Gasteiger partial charge in [-0.05, 0) is 30.7 Å². The molecule has 134 valence electrons. The van der Waals surface area contributed by atoms with Crippen LogP contribution in [0.15, 0.2) is 71.8 Å². The van der Waals surface area contributed by atoms with Crippen molar-refractivity contribution in [2.75, 3.05) is 0 Å². The highest BCUT2D eigenvalue weighted by molar-refractivity contribution is 7.98. The Morgan fingerprint density at radius 1 is 0.926 bits per heavy atom. The Kier molecular flexibility index (Phi) is 5.53. The van der Waals surface area contributed by atoms with E-state index in [2.05, 4.69) is 22.3 Å². The summed E-state index contributed by atoms with van der Waals surface area (Å²) >= 11 is 9.48. The van der Waals surface area contributed by atoms with Crippen LogP contribution in [0.25, 0.3) is 21.1 Å². The summed E-state index contributed by atoms with van der Waals surface area (Å²) in [4.78, 5) is 5.76. The van der Waals surface area contributed by atoms with Crippen molar-refractivity contribution in [1.82, 2.24) is 15.2 Å². The molecule has 0 unspecified atom stereocenters. The van der Waals surface area contributed by atoms with Gasteiger partial charge in [-0.2, -0.15) is 0 Å². The first kappa shape index (κ1) is 18.2. The molecule has 2 aromatic heterocycles. The van der Waals surface area contributed by atoms with E-state index < -0.39 is 0 Å². The molecule has 0 aliphatic rings. The standard InChI is InChI=1S/C21H16ClN3S2/c1-14-20(27-21(23-14)15-7-3-2-4-8-15)18-11-12-19(25-24-18)26-13-16-9-5-6-10-17(16)22/h2-12H,13H2,1H3. The van der Waals surface area contributed by atoms with Crippen molar-refractivity contribution >= 4 is 34.7 Å². The molecule has 4 aromatic rings. The number of nitrogens with zero attached hydrogens (tertiary/aromatic N) is 3. The van der Waals surface area contributed by atoms with Gasteiger partial charge >= 0.3 is 0 Å². The summed E-state index contributed by atoms with van der Waals surface area (Å²) in [5.41, 5.74) is 4.05. The van der Waals surface area contributed by atoms with Crippen molar-refractivity contribution in [3.8, 4) is 21.1 Å². The summed E-state index contributed by atoms with van der Waals surface area (Å²) in [6.07, 6.45) is 0. The van der Waals surface area contributed by atoms with E-state index in [-0.39, 0.29) is 0 Å². The molecular formula is C21H16ClN3S2. The summed E-state index contributed by atoms with van der Waals surface area (Å²) in [7, 11) is 0. The van der Waals surface area contributed by atoms with Crippen molar-refractivity contribution in [3.05, 3.63) is 83.0 Å². The maximum atomic E-state index is 6.21. The zero-order valence-corrected chi connectivity index (χ0v) is 17.0. The highest BCUT2D eigenvalue weighted by atomic mass is 35.5. The summed E-state index contributed by atoms with van der Waals surface area (Å²) in [5.74, 6) is 0.769. The number of aryl methyl sites for hydroxylation is 1. The van der Waals surface area contributed by atoms with E-state index in [1.165, 1.54) is 0 Å². The Labute approximate surface area is 171 Å². The molecule has 2 heterocycles. The van der Waals surface area contributed by atoms with Gasteiger partial charge < -0.3 is 0 Å². The van der Waals surface area contributed by atoms with Crippen molar-refractivity contribution in [3.63, 3.8) is 0 Å². The van der Waals surface area contributed by atoms with Crippen LogP contribution in [0.3, 0.4) is 0 Å². The minimum Gasteiger partial charge on any atom is -0.241 e. The lowest BCUT2D eigenvalue weighted by Crippen LogP contribution is -1.90. The van der Waals surface area contributed by atoms with Gasteiger partial charge in [0.05, 0.1) is 10.6 Å². The molecule has 0 bridgehead atoms. The molecule has 6 heteroatoms. The molecule has 4 rings (SSSR count). The Hall–Kier alpha value is -2.21. The maximum Gasteiger partial charge on any atom is 0.124 e. The van der Waals surface area contributed by atoms with E-state index in [0.717, 1.165) is 48.2 Å². The van der Waals surface area contributed by atoms with Crippen molar-refractivity contribution < 1.29 is 0 Å². The molecule has 0 N–H and O–H groups in total. The number of aromatic nitrogens is 3. The second-order valence-corrected chi connectivity index (χ2v) is 8.34. The van der Waals surface area contributed by atoms with Crippen LogP contribution in [0.2, 0.25) is 5.02 Å². The zero-order valence-electron chi connectivity index (χ0n) is 14.6. The lowest BCUT2D eigenvalue weighted by molar-refractivity contribution is 0.936. The molecule has 0 saturated carbocycles. The first-order chi connectivity index (χ1) is 13.2. The largest absolute Gasteiger partial charge is 0.241 e. The lowest BCUT2D eigenvalue weighted by atomic mass is 10.2. The Morgan fingerprint density at radius 2 is 1.70 bits per heavy atom. The molecule has 0 fully saturated rings. The van der Waals surface area contributed by atoms with Crippen LogP contribution < -0.4 is 0 Å². The van der Waals surface area contributed by atoms with Gasteiger partial charge in [-0.15, -0.1) is 21.5 Å². The normalized spacial score (nSPS) is 10.9. The van der Waals surface area contributed by atoms with Crippen LogP contribution in [-0.4, -0.2) is 15.2 Å². The molecule has 0 spiro atoms. The van der Waals surface area contributed by atoms with Gasteiger partial charge in [-0.1, -0.05) is 71.9 Å². The molecule has 0 amide bonds. The number of halogens is 1. The molecule has 0 radical (unpaired) electrons. The van der Waals surface area contributed by atoms with E-state index >= 15 is 0 Å². The van der Waals surface area contributed by atoms with Crippen molar-refractivity contribution in [2.45, 2.75) is 17.7 Å². The minimum absolute atomic E-state index is 0.769. The number of hydrogen-bond donors (Lipinski definition) is 0. The first-order valence-corrected chi connectivity index (χ1v) is 10.6. The third kappa shape index (κ3) is 4.21. The summed E-state index contributed by atoms with van der Waals surface area (Å²) < 4.78 is 0. The van der Waals surface area contributed by atoms with Crippen molar-refractivity contribution in [1.29, 1.82) is 0 Å². The number of thioether (sulfide) groups is 1. The van der Waals surface area contributed by atoms with E-state index in [4.69, 9.17) is 16.6 Å². The van der Waals surface area contributed by atoms with Crippen LogP contribution in [0.1, 0.15) is 11.3 Å². The Balaban J connectivity index is 1.51. The van der Waals surface area contributed by atoms with Crippen LogP contribution in [0.5, 0.6) is 0 Å². The summed E-state index contributed by atoms with van der Waals surface area (Å²) in [6.45, 7) is 2.01. The average molecular weight is 410 g/mol. The predicted octanol–water partition coefficient (Wildman–Crippen LogP) is 6.52. The fraction of sp³-hybridized carbons (Fsp3) is 0.0952. The van der Waals surface area contributed by atoms with Crippen LogP contribution in [0.4, 0.5) is 0 Å². The zero-order chi connectivity index (χ0) is 18.6. The van der Waals surface area contributed by atoms with Gasteiger partial charge in [0.1, 0.15) is 15.7 Å². The molecular weight excluding hydrogens is 394 g/mol. The van der Waals surface area contributed by atoms with E-state index in [1.807, 2.05) is 61.5 Å². The molecule has 0 aliphatic carbocycles. The van der Waals surface area contributed by atoms with Crippen molar-refractivity contribution in [2.24, 2.45) is 0 Å². The smallest absolute Gasteiger partial charge is 0.124 e. The highest BCUT2D eigenvalue weighted by Crippen LogP contribution is 2.34. The van der Waals surface area contributed by atoms with E-state index in [1.54, 1.807) is 23.1 Å². The molecule has 0 saturated heterocycles. The third-order valence-electron chi connectivity index (χ3n) is 4.02. The molecule has 3 nitrogen and oxygen atoms in total. The van der Waals surface area contributed by atoms with Crippen LogP contribution in [-0.2, 0) is 5.75 Å². The molecule has 0 atom stereocenters. The second kappa shape index (κ2) is 8.21. The molecule has 27 heavy (non-hydrogen) atoms.